The molecule has 1 amide bonds. The van der Waals surface area contributed by atoms with Crippen molar-refractivity contribution >= 4 is 39.1 Å². The number of benzene rings is 2. The van der Waals surface area contributed by atoms with Gasteiger partial charge in [-0.05, 0) is 61.1 Å². The lowest BCUT2D eigenvalue weighted by Crippen LogP contribution is -2.44. The maximum atomic E-state index is 12.9. The van der Waals surface area contributed by atoms with Crippen LogP contribution in [0.15, 0.2) is 36.4 Å². The zero-order chi connectivity index (χ0) is 24.2. The van der Waals surface area contributed by atoms with Crippen LogP contribution in [-0.2, 0) is 20.6 Å². The van der Waals surface area contributed by atoms with Crippen LogP contribution >= 0.6 is 23.2 Å². The van der Waals surface area contributed by atoms with Gasteiger partial charge in [-0.15, -0.1) is 0 Å². The third-order valence-electron chi connectivity index (χ3n) is 6.10. The molecular formula is C24H30Cl2N2O4S. The highest BCUT2D eigenvalue weighted by atomic mass is 35.5. The molecule has 33 heavy (non-hydrogen) atoms. The van der Waals surface area contributed by atoms with Gasteiger partial charge in [0.15, 0.2) is 0 Å². The van der Waals surface area contributed by atoms with Crippen molar-refractivity contribution < 1.29 is 17.9 Å². The van der Waals surface area contributed by atoms with E-state index in [4.69, 9.17) is 27.9 Å². The molecule has 0 radical (unpaired) electrons. The Morgan fingerprint density at radius 2 is 1.85 bits per heavy atom. The summed E-state index contributed by atoms with van der Waals surface area (Å²) in [7, 11) is -1.87. The summed E-state index contributed by atoms with van der Waals surface area (Å²) in [6.45, 7) is 4.65. The van der Waals surface area contributed by atoms with E-state index in [9.17, 15) is 13.2 Å². The number of nitrogens with zero attached hydrogens (tertiary/aromatic N) is 1. The Labute approximate surface area is 206 Å². The van der Waals surface area contributed by atoms with E-state index in [-0.39, 0.29) is 23.6 Å². The molecule has 1 heterocycles. The van der Waals surface area contributed by atoms with Crippen LogP contribution in [0.1, 0.15) is 48.9 Å². The monoisotopic (exact) mass is 512 g/mol. The molecule has 1 saturated heterocycles. The minimum Gasteiger partial charge on any atom is -0.496 e. The summed E-state index contributed by atoms with van der Waals surface area (Å²) in [6.07, 6.45) is 1.74. The fourth-order valence-corrected chi connectivity index (χ4v) is 6.03. The molecule has 0 unspecified atom stereocenters. The maximum absolute atomic E-state index is 12.9. The molecule has 0 saturated carbocycles. The molecule has 3 rings (SSSR count). The average Bonchev–Trinajstić information content (AvgIpc) is 2.79. The zero-order valence-electron chi connectivity index (χ0n) is 19.1. The van der Waals surface area contributed by atoms with Crippen LogP contribution in [0, 0.1) is 12.8 Å². The predicted molar refractivity (Wildman–Crippen MR) is 132 cm³/mol. The molecule has 1 aliphatic rings. The summed E-state index contributed by atoms with van der Waals surface area (Å²) >= 11 is 11.9. The number of sulfonamides is 1. The first-order valence-corrected chi connectivity index (χ1v) is 13.4. The van der Waals surface area contributed by atoms with Crippen LogP contribution in [0.25, 0.3) is 0 Å². The number of carbonyl (C=O) groups excluding carboxylic acids is 1. The van der Waals surface area contributed by atoms with Crippen LogP contribution < -0.4 is 10.1 Å². The number of amides is 1. The van der Waals surface area contributed by atoms with Gasteiger partial charge in [-0.25, -0.2) is 12.7 Å². The lowest BCUT2D eigenvalue weighted by atomic mass is 9.95. The van der Waals surface area contributed by atoms with Crippen molar-refractivity contribution in [2.24, 2.45) is 5.92 Å². The van der Waals surface area contributed by atoms with Crippen molar-refractivity contribution in [3.05, 3.63) is 63.1 Å². The lowest BCUT2D eigenvalue weighted by Gasteiger charge is -2.31. The first-order chi connectivity index (χ1) is 15.6. The summed E-state index contributed by atoms with van der Waals surface area (Å²) < 4.78 is 32.5. The quantitative estimate of drug-likeness (QED) is 0.532. The second-order valence-corrected chi connectivity index (χ2v) is 11.2. The van der Waals surface area contributed by atoms with Gasteiger partial charge >= 0.3 is 0 Å². The van der Waals surface area contributed by atoms with Crippen LogP contribution in [-0.4, -0.2) is 38.8 Å². The number of carbonyl (C=O) groups is 1. The van der Waals surface area contributed by atoms with Crippen LogP contribution in [0.4, 0.5) is 0 Å². The normalized spacial score (nSPS) is 16.4. The molecule has 1 fully saturated rings. The van der Waals surface area contributed by atoms with Gasteiger partial charge in [0.2, 0.25) is 15.9 Å². The second-order valence-electron chi connectivity index (χ2n) is 8.38. The van der Waals surface area contributed by atoms with Crippen molar-refractivity contribution in [1.29, 1.82) is 0 Å². The molecule has 0 bridgehead atoms. The Bertz CT molecular complexity index is 1100. The number of nitrogens with one attached hydrogen (secondary N) is 1. The third kappa shape index (κ3) is 6.41. The van der Waals surface area contributed by atoms with Gasteiger partial charge in [-0.1, -0.05) is 48.3 Å². The predicted octanol–water partition coefficient (Wildman–Crippen LogP) is 5.12. The standard InChI is InChI=1S/C24H30Cl2N2O4S/c1-4-22(19-6-8-23(32-3)16(2)13-19)27-24(29)18-9-11-28(12-10-18)33(30,31)15-17-5-7-20(25)21(26)14-17/h5-8,13-14,18,22H,4,9-12,15H2,1-3H3,(H,27,29)/t22-/m0/s1. The largest absolute Gasteiger partial charge is 0.496 e. The molecule has 2 aromatic rings. The van der Waals surface area contributed by atoms with E-state index < -0.39 is 10.0 Å². The molecule has 0 aliphatic carbocycles. The number of piperidine rings is 1. The molecule has 9 heteroatoms. The van der Waals surface area contributed by atoms with Crippen molar-refractivity contribution in [2.75, 3.05) is 20.2 Å². The van der Waals surface area contributed by atoms with E-state index in [0.29, 0.717) is 41.5 Å². The van der Waals surface area contributed by atoms with Gasteiger partial charge in [-0.2, -0.15) is 0 Å². The Kier molecular flexibility index (Phi) is 8.67. The summed E-state index contributed by atoms with van der Waals surface area (Å²) in [5.74, 6) is 0.427. The van der Waals surface area contributed by atoms with E-state index in [1.54, 1.807) is 25.3 Å². The molecule has 180 valence electrons. The van der Waals surface area contributed by atoms with Crippen LogP contribution in [0.3, 0.4) is 0 Å². The van der Waals surface area contributed by atoms with Gasteiger partial charge in [0, 0.05) is 19.0 Å². The van der Waals surface area contributed by atoms with E-state index >= 15 is 0 Å². The van der Waals surface area contributed by atoms with Gasteiger partial charge < -0.3 is 10.1 Å². The number of methoxy groups -OCH3 is 1. The van der Waals surface area contributed by atoms with Crippen molar-refractivity contribution in [1.82, 2.24) is 9.62 Å². The summed E-state index contributed by atoms with van der Waals surface area (Å²) in [4.78, 5) is 12.9. The fourth-order valence-electron chi connectivity index (χ4n) is 4.16. The third-order valence-corrected chi connectivity index (χ3v) is 8.69. The first-order valence-electron chi connectivity index (χ1n) is 11.0. The molecule has 0 spiro atoms. The number of aryl methyl sites for hydroxylation is 1. The van der Waals surface area contributed by atoms with Crippen molar-refractivity contribution in [3.8, 4) is 5.75 Å². The molecule has 2 aromatic carbocycles. The molecule has 6 nitrogen and oxygen atoms in total. The highest BCUT2D eigenvalue weighted by molar-refractivity contribution is 7.88. The van der Waals surface area contributed by atoms with E-state index in [2.05, 4.69) is 5.32 Å². The van der Waals surface area contributed by atoms with Crippen molar-refractivity contribution in [3.63, 3.8) is 0 Å². The van der Waals surface area contributed by atoms with E-state index in [0.717, 1.165) is 23.3 Å². The average molecular weight is 513 g/mol. The Hall–Kier alpha value is -1.80. The van der Waals surface area contributed by atoms with E-state index in [1.165, 1.54) is 4.31 Å². The molecule has 1 atom stereocenters. The molecule has 1 N–H and O–H groups in total. The highest BCUT2D eigenvalue weighted by Gasteiger charge is 2.32. The lowest BCUT2D eigenvalue weighted by molar-refractivity contribution is -0.126. The minimum atomic E-state index is -3.51. The molecular weight excluding hydrogens is 483 g/mol. The van der Waals surface area contributed by atoms with Gasteiger partial charge in [0.05, 0.1) is 28.9 Å². The number of hydrogen-bond acceptors (Lipinski definition) is 4. The van der Waals surface area contributed by atoms with Crippen LogP contribution in [0.2, 0.25) is 10.0 Å². The Balaban J connectivity index is 1.58. The van der Waals surface area contributed by atoms with Gasteiger partial charge in [0.1, 0.15) is 5.75 Å². The smallest absolute Gasteiger partial charge is 0.223 e. The minimum absolute atomic E-state index is 0.0307. The second kappa shape index (κ2) is 11.1. The van der Waals surface area contributed by atoms with E-state index in [1.807, 2.05) is 32.0 Å². The Morgan fingerprint density at radius 1 is 1.15 bits per heavy atom. The summed E-state index contributed by atoms with van der Waals surface area (Å²) in [5.41, 5.74) is 2.64. The van der Waals surface area contributed by atoms with Gasteiger partial charge in [0.25, 0.3) is 0 Å². The number of halogens is 2. The SMILES string of the molecule is CC[C@H](NC(=O)C1CCN(S(=O)(=O)Cc2ccc(Cl)c(Cl)c2)CC1)c1ccc(OC)c(C)c1. The topological polar surface area (TPSA) is 75.7 Å². The maximum Gasteiger partial charge on any atom is 0.223 e. The molecule has 0 aromatic heterocycles. The fraction of sp³-hybridized carbons (Fsp3) is 0.458. The summed E-state index contributed by atoms with van der Waals surface area (Å²) in [5, 5.41) is 3.87. The number of rotatable bonds is 8. The molecule has 1 aliphatic heterocycles. The van der Waals surface area contributed by atoms with Crippen LogP contribution in [0.5, 0.6) is 5.75 Å². The summed E-state index contributed by atoms with van der Waals surface area (Å²) in [6, 6.07) is 10.7. The highest BCUT2D eigenvalue weighted by Crippen LogP contribution is 2.28. The van der Waals surface area contributed by atoms with Gasteiger partial charge in [-0.3, -0.25) is 4.79 Å². The van der Waals surface area contributed by atoms with Crippen molar-refractivity contribution in [2.45, 2.75) is 44.9 Å². The number of hydrogen-bond donors (Lipinski definition) is 1. The number of ether oxygens (including phenoxy) is 1. The zero-order valence-corrected chi connectivity index (χ0v) is 21.4. The Morgan fingerprint density at radius 3 is 2.42 bits per heavy atom. The first kappa shape index (κ1) is 25.8.